The highest BCUT2D eigenvalue weighted by atomic mass is 19.4. The van der Waals surface area contributed by atoms with Gasteiger partial charge in [0.1, 0.15) is 6.04 Å². The summed E-state index contributed by atoms with van der Waals surface area (Å²) in [5.74, 6) is -1.82. The number of carbonyl (C=O) groups excluding carboxylic acids is 1. The van der Waals surface area contributed by atoms with Gasteiger partial charge in [0.15, 0.2) is 0 Å². The van der Waals surface area contributed by atoms with Crippen molar-refractivity contribution < 1.29 is 27.9 Å². The number of rotatable bonds is 12. The number of amides is 1. The molecule has 0 aliphatic heterocycles. The Morgan fingerprint density at radius 1 is 1.02 bits per heavy atom. The molecule has 1 heterocycles. The van der Waals surface area contributed by atoms with Gasteiger partial charge in [-0.25, -0.2) is 0 Å². The summed E-state index contributed by atoms with van der Waals surface area (Å²) in [4.78, 5) is 41.2. The fourth-order valence-corrected chi connectivity index (χ4v) is 6.89. The number of hydrogen-bond acceptors (Lipinski definition) is 4. The number of aryl methyl sites for hydroxylation is 4. The Balaban J connectivity index is 1.80. The monoisotopic (exact) mass is 653 g/mol. The molecule has 2 aromatic carbocycles. The summed E-state index contributed by atoms with van der Waals surface area (Å²) in [6, 6.07) is 6.69. The maximum atomic E-state index is 14.1. The van der Waals surface area contributed by atoms with Crippen LogP contribution in [0.3, 0.4) is 0 Å². The van der Waals surface area contributed by atoms with Crippen molar-refractivity contribution in [2.75, 3.05) is 20.6 Å². The second-order valence-corrected chi connectivity index (χ2v) is 13.6. The smallest absolute Gasteiger partial charge is 0.416 e. The predicted molar refractivity (Wildman–Crippen MR) is 178 cm³/mol. The first-order valence-corrected chi connectivity index (χ1v) is 16.2. The third kappa shape index (κ3) is 8.52. The Hall–Kier alpha value is -3.92. The number of fused-ring (bicyclic) bond motifs is 1. The van der Waals surface area contributed by atoms with Crippen LogP contribution in [0.5, 0.6) is 0 Å². The fraction of sp³-hybridized carbons (Fsp3) is 0.486. The summed E-state index contributed by atoms with van der Waals surface area (Å²) in [5, 5.41) is 12.8. The molecule has 47 heavy (non-hydrogen) atoms. The number of carboxylic acids is 1. The summed E-state index contributed by atoms with van der Waals surface area (Å²) in [6.45, 7) is 10.2. The van der Waals surface area contributed by atoms with E-state index < -0.39 is 47.7 Å². The largest absolute Gasteiger partial charge is 0.481 e. The van der Waals surface area contributed by atoms with Gasteiger partial charge in [0.25, 0.3) is 5.56 Å². The normalized spacial score (nSPS) is 14.4. The summed E-state index contributed by atoms with van der Waals surface area (Å²) < 4.78 is 43.0. The summed E-state index contributed by atoms with van der Waals surface area (Å²) in [5.41, 5.74) is 6.43. The molecule has 3 aromatic rings. The molecule has 7 nitrogen and oxygen atoms in total. The molecule has 1 aliphatic carbocycles. The zero-order valence-corrected chi connectivity index (χ0v) is 28.3. The Bertz CT molecular complexity index is 1690. The molecule has 1 aliphatic rings. The van der Waals surface area contributed by atoms with Gasteiger partial charge in [-0.3, -0.25) is 14.4 Å². The summed E-state index contributed by atoms with van der Waals surface area (Å²) in [6.07, 6.45) is -1.09. The number of aliphatic carboxylic acids is 1. The van der Waals surface area contributed by atoms with E-state index in [0.29, 0.717) is 18.2 Å². The highest BCUT2D eigenvalue weighted by molar-refractivity contribution is 5.82. The third-order valence-corrected chi connectivity index (χ3v) is 8.91. The molecule has 2 N–H and O–H groups in total. The maximum Gasteiger partial charge on any atom is 0.416 e. The van der Waals surface area contributed by atoms with Gasteiger partial charge >= 0.3 is 12.1 Å². The molecular weight excluding hydrogens is 607 g/mol. The van der Waals surface area contributed by atoms with Gasteiger partial charge in [0, 0.05) is 18.8 Å². The molecule has 0 unspecified atom stereocenters. The molecular formula is C37H46F3N3O4. The van der Waals surface area contributed by atoms with Crippen LogP contribution in [0.2, 0.25) is 0 Å². The Morgan fingerprint density at radius 3 is 2.26 bits per heavy atom. The molecule has 1 amide bonds. The quantitative estimate of drug-likeness (QED) is 0.220. The Labute approximate surface area is 274 Å². The van der Waals surface area contributed by atoms with Crippen molar-refractivity contribution in [3.63, 3.8) is 0 Å². The van der Waals surface area contributed by atoms with Crippen LogP contribution in [0.1, 0.15) is 89.7 Å². The molecule has 1 aromatic heterocycles. The van der Waals surface area contributed by atoms with E-state index in [4.69, 9.17) is 0 Å². The molecule has 10 heteroatoms. The van der Waals surface area contributed by atoms with Crippen LogP contribution >= 0.6 is 0 Å². The molecule has 0 spiro atoms. The second-order valence-electron chi connectivity index (χ2n) is 13.6. The van der Waals surface area contributed by atoms with Gasteiger partial charge in [-0.2, -0.15) is 13.2 Å². The van der Waals surface area contributed by atoms with E-state index in [1.54, 1.807) is 19.0 Å². The number of nitrogens with one attached hydrogen (secondary N) is 1. The average molecular weight is 654 g/mol. The van der Waals surface area contributed by atoms with Crippen LogP contribution in [0.4, 0.5) is 13.2 Å². The van der Waals surface area contributed by atoms with Crippen molar-refractivity contribution in [1.82, 2.24) is 14.8 Å². The number of benzene rings is 2. The first kappa shape index (κ1) is 35.9. The van der Waals surface area contributed by atoms with Gasteiger partial charge in [-0.1, -0.05) is 37.6 Å². The van der Waals surface area contributed by atoms with E-state index >= 15 is 0 Å². The molecule has 0 fully saturated rings. The number of alkyl halides is 3. The van der Waals surface area contributed by atoms with E-state index in [-0.39, 0.29) is 24.3 Å². The molecule has 254 valence electrons. The number of hydrogen-bond donors (Lipinski definition) is 2. The fourth-order valence-electron chi connectivity index (χ4n) is 6.89. The molecule has 0 saturated carbocycles. The number of halogens is 3. The van der Waals surface area contributed by atoms with Gasteiger partial charge in [0.2, 0.25) is 5.91 Å². The number of aromatic nitrogens is 1. The Morgan fingerprint density at radius 2 is 1.68 bits per heavy atom. The molecule has 0 radical (unpaired) electrons. The summed E-state index contributed by atoms with van der Waals surface area (Å²) in [7, 11) is 3.49. The number of likely N-dealkylation sites (N-methyl/N-ethyl adjacent to an activating group) is 1. The first-order valence-electron chi connectivity index (χ1n) is 16.2. The minimum absolute atomic E-state index is 0.0233. The minimum atomic E-state index is -4.73. The van der Waals surface area contributed by atoms with Crippen LogP contribution in [-0.4, -0.2) is 47.1 Å². The SMILES string of the molecule is Cc1cc(C)c(-c2cc([C@@H](CC(=O)O)NC(=O)[C@H](CC(C)C)n3cc(CCN(C)C)c(C(F)(F)F)cc3=O)cc3c2CCC3)c(C)c1. The van der Waals surface area contributed by atoms with E-state index in [1.165, 1.54) is 5.56 Å². The van der Waals surface area contributed by atoms with Gasteiger partial charge < -0.3 is 19.9 Å². The van der Waals surface area contributed by atoms with Crippen molar-refractivity contribution in [2.45, 2.75) is 91.4 Å². The second kappa shape index (κ2) is 14.5. The highest BCUT2D eigenvalue weighted by Crippen LogP contribution is 2.39. The van der Waals surface area contributed by atoms with E-state index in [9.17, 15) is 32.7 Å². The Kier molecular flexibility index (Phi) is 11.1. The molecule has 2 atom stereocenters. The number of nitrogens with zero attached hydrogens (tertiary/aromatic N) is 2. The lowest BCUT2D eigenvalue weighted by Gasteiger charge is -2.27. The first-order chi connectivity index (χ1) is 22.0. The standard InChI is InChI=1S/C37H46F3N3O4/c1-21(2)13-32(43-20-26(11-12-42(6)7)30(18-33(43)44)37(38,39)40)36(47)41-31(19-34(45)46)27-16-25-9-8-10-28(25)29(17-27)35-23(4)14-22(3)15-24(35)5/h14-18,20-21,31-32H,8-13,19H2,1-7H3,(H,41,47)(H,45,46)/t31-,32+/m1/s1. The van der Waals surface area contributed by atoms with Crippen molar-refractivity contribution >= 4 is 11.9 Å². The van der Waals surface area contributed by atoms with E-state index in [1.807, 2.05) is 32.9 Å². The van der Waals surface area contributed by atoms with Gasteiger partial charge in [-0.05, 0) is 123 Å². The number of carboxylic acid groups (broad SMARTS) is 1. The average Bonchev–Trinajstić information content (AvgIpc) is 3.42. The topological polar surface area (TPSA) is 91.6 Å². The van der Waals surface area contributed by atoms with E-state index in [2.05, 4.69) is 31.3 Å². The number of carbonyl (C=O) groups is 2. The zero-order valence-electron chi connectivity index (χ0n) is 28.3. The van der Waals surface area contributed by atoms with Crippen LogP contribution < -0.4 is 10.9 Å². The zero-order chi connectivity index (χ0) is 34.8. The van der Waals surface area contributed by atoms with Crippen molar-refractivity contribution in [3.05, 3.63) is 91.4 Å². The van der Waals surface area contributed by atoms with Gasteiger partial charge in [-0.15, -0.1) is 0 Å². The van der Waals surface area contributed by atoms with Crippen LogP contribution in [-0.2, 0) is 35.0 Å². The van der Waals surface area contributed by atoms with Crippen molar-refractivity contribution in [2.24, 2.45) is 5.92 Å². The summed E-state index contributed by atoms with van der Waals surface area (Å²) >= 11 is 0. The molecule has 0 bridgehead atoms. The molecule has 4 rings (SSSR count). The highest BCUT2D eigenvalue weighted by Gasteiger charge is 2.36. The predicted octanol–water partition coefficient (Wildman–Crippen LogP) is 6.97. The molecule has 0 saturated heterocycles. The van der Waals surface area contributed by atoms with Gasteiger partial charge in [0.05, 0.1) is 18.0 Å². The van der Waals surface area contributed by atoms with Crippen molar-refractivity contribution in [1.29, 1.82) is 0 Å². The number of pyridine rings is 1. The lowest BCUT2D eigenvalue weighted by molar-refractivity contribution is -0.139. The third-order valence-electron chi connectivity index (χ3n) is 8.91. The van der Waals surface area contributed by atoms with E-state index in [0.717, 1.165) is 63.4 Å². The van der Waals surface area contributed by atoms with Crippen LogP contribution in [0, 0.1) is 26.7 Å². The van der Waals surface area contributed by atoms with Crippen LogP contribution in [0.25, 0.3) is 11.1 Å². The van der Waals surface area contributed by atoms with Crippen molar-refractivity contribution in [3.8, 4) is 11.1 Å². The lowest BCUT2D eigenvalue weighted by Crippen LogP contribution is -2.40. The van der Waals surface area contributed by atoms with Crippen LogP contribution in [0.15, 0.2) is 41.3 Å². The lowest BCUT2D eigenvalue weighted by atomic mass is 9.86. The minimum Gasteiger partial charge on any atom is -0.481 e. The maximum absolute atomic E-state index is 14.1.